The van der Waals surface area contributed by atoms with E-state index in [1.807, 2.05) is 24.3 Å². The SMILES string of the molecule is CCc1ccccc1CC(=O)N1CCC(COC)(C(=O)O)C1. The van der Waals surface area contributed by atoms with E-state index in [-0.39, 0.29) is 19.1 Å². The van der Waals surface area contributed by atoms with Crippen molar-refractivity contribution in [3.63, 3.8) is 0 Å². The van der Waals surface area contributed by atoms with Crippen molar-refractivity contribution in [2.75, 3.05) is 26.8 Å². The van der Waals surface area contributed by atoms with Crippen molar-refractivity contribution >= 4 is 11.9 Å². The minimum absolute atomic E-state index is 0.0138. The fraction of sp³-hybridized carbons (Fsp3) is 0.529. The molecule has 0 spiro atoms. The van der Waals surface area contributed by atoms with Crippen LogP contribution in [0, 0.1) is 5.41 Å². The van der Waals surface area contributed by atoms with Gasteiger partial charge in [-0.25, -0.2) is 0 Å². The molecule has 1 fully saturated rings. The van der Waals surface area contributed by atoms with E-state index < -0.39 is 11.4 Å². The molecular weight excluding hydrogens is 282 g/mol. The Labute approximate surface area is 130 Å². The van der Waals surface area contributed by atoms with Crippen LogP contribution in [0.3, 0.4) is 0 Å². The van der Waals surface area contributed by atoms with Crippen molar-refractivity contribution in [1.82, 2.24) is 4.90 Å². The maximum atomic E-state index is 12.5. The van der Waals surface area contributed by atoms with Crippen LogP contribution in [0.1, 0.15) is 24.5 Å². The van der Waals surface area contributed by atoms with Crippen LogP contribution in [-0.4, -0.2) is 48.7 Å². The normalized spacial score (nSPS) is 21.1. The number of rotatable bonds is 6. The molecular formula is C17H23NO4. The highest BCUT2D eigenvalue weighted by molar-refractivity contribution is 5.82. The van der Waals surface area contributed by atoms with Crippen molar-refractivity contribution in [1.29, 1.82) is 0 Å². The average Bonchev–Trinajstić information content (AvgIpc) is 2.94. The second kappa shape index (κ2) is 6.92. The number of benzene rings is 1. The van der Waals surface area contributed by atoms with E-state index in [9.17, 15) is 14.7 Å². The molecule has 1 aliphatic heterocycles. The highest BCUT2D eigenvalue weighted by atomic mass is 16.5. The van der Waals surface area contributed by atoms with E-state index in [1.54, 1.807) is 4.90 Å². The maximum Gasteiger partial charge on any atom is 0.313 e. The number of likely N-dealkylation sites (tertiary alicyclic amines) is 1. The summed E-state index contributed by atoms with van der Waals surface area (Å²) in [6.45, 7) is 2.90. The topological polar surface area (TPSA) is 66.8 Å². The van der Waals surface area contributed by atoms with Gasteiger partial charge in [0.1, 0.15) is 5.41 Å². The van der Waals surface area contributed by atoms with Crippen LogP contribution in [0.5, 0.6) is 0 Å². The zero-order chi connectivity index (χ0) is 16.2. The summed E-state index contributed by atoms with van der Waals surface area (Å²) in [6, 6.07) is 7.89. The summed E-state index contributed by atoms with van der Waals surface area (Å²) in [5.74, 6) is -0.904. The van der Waals surface area contributed by atoms with Gasteiger partial charge in [-0.1, -0.05) is 31.2 Å². The molecule has 1 unspecified atom stereocenters. The predicted octanol–water partition coefficient (Wildman–Crippen LogP) is 1.74. The Hall–Kier alpha value is -1.88. The summed E-state index contributed by atoms with van der Waals surface area (Å²) in [7, 11) is 1.49. The number of aryl methyl sites for hydroxylation is 1. The second-order valence-corrected chi connectivity index (χ2v) is 5.88. The molecule has 1 saturated heterocycles. The molecule has 0 bridgehead atoms. The molecule has 0 saturated carbocycles. The number of aliphatic carboxylic acids is 1. The Morgan fingerprint density at radius 1 is 1.32 bits per heavy atom. The van der Waals surface area contributed by atoms with Crippen LogP contribution in [0.2, 0.25) is 0 Å². The number of amides is 1. The number of nitrogens with zero attached hydrogens (tertiary/aromatic N) is 1. The van der Waals surface area contributed by atoms with E-state index in [1.165, 1.54) is 7.11 Å². The fourth-order valence-electron chi connectivity index (χ4n) is 3.07. The first kappa shape index (κ1) is 16.5. The fourth-order valence-corrected chi connectivity index (χ4v) is 3.07. The minimum atomic E-state index is -0.964. The number of carbonyl (C=O) groups excluding carboxylic acids is 1. The van der Waals surface area contributed by atoms with Crippen LogP contribution in [0.15, 0.2) is 24.3 Å². The molecule has 22 heavy (non-hydrogen) atoms. The lowest BCUT2D eigenvalue weighted by Crippen LogP contribution is -2.40. The van der Waals surface area contributed by atoms with Gasteiger partial charge in [-0.15, -0.1) is 0 Å². The van der Waals surface area contributed by atoms with Crippen LogP contribution in [0.25, 0.3) is 0 Å². The number of carbonyl (C=O) groups is 2. The van der Waals surface area contributed by atoms with E-state index in [4.69, 9.17) is 4.74 Å². The monoisotopic (exact) mass is 305 g/mol. The van der Waals surface area contributed by atoms with Gasteiger partial charge < -0.3 is 14.7 Å². The summed E-state index contributed by atoms with van der Waals surface area (Å²) >= 11 is 0. The van der Waals surface area contributed by atoms with Gasteiger partial charge in [0, 0.05) is 20.2 Å². The second-order valence-electron chi connectivity index (χ2n) is 5.88. The molecule has 1 amide bonds. The number of methoxy groups -OCH3 is 1. The molecule has 1 heterocycles. The first-order valence-electron chi connectivity index (χ1n) is 7.59. The van der Waals surface area contributed by atoms with Crippen molar-refractivity contribution in [2.45, 2.75) is 26.2 Å². The standard InChI is InChI=1S/C17H23NO4/c1-3-13-6-4-5-7-14(13)10-15(19)18-9-8-17(11-18,12-22-2)16(20)21/h4-7H,3,8-12H2,1-2H3,(H,20,21). The molecule has 0 aromatic heterocycles. The maximum absolute atomic E-state index is 12.5. The zero-order valence-electron chi connectivity index (χ0n) is 13.2. The number of carboxylic acids is 1. The highest BCUT2D eigenvalue weighted by Gasteiger charge is 2.46. The first-order chi connectivity index (χ1) is 10.5. The Kier molecular flexibility index (Phi) is 5.19. The molecule has 5 heteroatoms. The molecule has 0 aliphatic carbocycles. The van der Waals surface area contributed by atoms with Crippen LogP contribution in [-0.2, 0) is 27.2 Å². The zero-order valence-corrected chi connectivity index (χ0v) is 13.2. The summed E-state index contributed by atoms with van der Waals surface area (Å²) in [6.07, 6.45) is 1.65. The largest absolute Gasteiger partial charge is 0.481 e. The third-order valence-electron chi connectivity index (χ3n) is 4.42. The molecule has 1 aliphatic rings. The molecule has 1 N–H and O–H groups in total. The van der Waals surface area contributed by atoms with Crippen LogP contribution >= 0.6 is 0 Å². The van der Waals surface area contributed by atoms with E-state index >= 15 is 0 Å². The number of hydrogen-bond acceptors (Lipinski definition) is 3. The average molecular weight is 305 g/mol. The van der Waals surface area contributed by atoms with Crippen LogP contribution in [0.4, 0.5) is 0 Å². The Balaban J connectivity index is 2.07. The number of hydrogen-bond donors (Lipinski definition) is 1. The van der Waals surface area contributed by atoms with Crippen molar-refractivity contribution < 1.29 is 19.4 Å². The van der Waals surface area contributed by atoms with E-state index in [0.717, 1.165) is 17.5 Å². The molecule has 1 aromatic rings. The van der Waals surface area contributed by atoms with Gasteiger partial charge in [0.15, 0.2) is 0 Å². The molecule has 5 nitrogen and oxygen atoms in total. The van der Waals surface area contributed by atoms with Gasteiger partial charge in [0.05, 0.1) is 13.0 Å². The van der Waals surface area contributed by atoms with Gasteiger partial charge in [-0.05, 0) is 24.0 Å². The van der Waals surface area contributed by atoms with Gasteiger partial charge in [0.25, 0.3) is 0 Å². The third-order valence-corrected chi connectivity index (χ3v) is 4.42. The molecule has 120 valence electrons. The van der Waals surface area contributed by atoms with Gasteiger partial charge in [-0.2, -0.15) is 0 Å². The molecule has 2 rings (SSSR count). The van der Waals surface area contributed by atoms with Crippen LogP contribution < -0.4 is 0 Å². The van der Waals surface area contributed by atoms with Crippen molar-refractivity contribution in [3.8, 4) is 0 Å². The summed E-state index contributed by atoms with van der Waals surface area (Å²) in [4.78, 5) is 25.7. The molecule has 1 aromatic carbocycles. The molecule has 1 atom stereocenters. The summed E-state index contributed by atoms with van der Waals surface area (Å²) in [5, 5.41) is 9.45. The van der Waals surface area contributed by atoms with Crippen molar-refractivity contribution in [2.24, 2.45) is 5.41 Å². The van der Waals surface area contributed by atoms with Gasteiger partial charge in [0.2, 0.25) is 5.91 Å². The quantitative estimate of drug-likeness (QED) is 0.869. The Morgan fingerprint density at radius 3 is 2.59 bits per heavy atom. The lowest BCUT2D eigenvalue weighted by Gasteiger charge is -2.24. The Morgan fingerprint density at radius 2 is 2.00 bits per heavy atom. The van der Waals surface area contributed by atoms with Gasteiger partial charge >= 0.3 is 5.97 Å². The lowest BCUT2D eigenvalue weighted by atomic mass is 9.88. The van der Waals surface area contributed by atoms with E-state index in [0.29, 0.717) is 19.4 Å². The van der Waals surface area contributed by atoms with E-state index in [2.05, 4.69) is 6.92 Å². The third kappa shape index (κ3) is 3.30. The first-order valence-corrected chi connectivity index (χ1v) is 7.59. The smallest absolute Gasteiger partial charge is 0.313 e. The number of carboxylic acid groups (broad SMARTS) is 1. The predicted molar refractivity (Wildman–Crippen MR) is 82.7 cm³/mol. The molecule has 0 radical (unpaired) electrons. The Bertz CT molecular complexity index is 557. The minimum Gasteiger partial charge on any atom is -0.481 e. The summed E-state index contributed by atoms with van der Waals surface area (Å²) < 4.78 is 5.05. The van der Waals surface area contributed by atoms with Crippen molar-refractivity contribution in [3.05, 3.63) is 35.4 Å². The van der Waals surface area contributed by atoms with Gasteiger partial charge in [-0.3, -0.25) is 9.59 Å². The highest BCUT2D eigenvalue weighted by Crippen LogP contribution is 2.31. The number of ether oxygens (including phenoxy) is 1. The lowest BCUT2D eigenvalue weighted by molar-refractivity contribution is -0.151. The summed E-state index contributed by atoms with van der Waals surface area (Å²) in [5.41, 5.74) is 1.22.